The maximum absolute atomic E-state index is 2.42. The van der Waals surface area contributed by atoms with Crippen molar-refractivity contribution in [1.29, 1.82) is 0 Å². The van der Waals surface area contributed by atoms with E-state index in [1.807, 2.05) is 11.3 Å². The first-order valence-electron chi connectivity index (χ1n) is 12.7. The molecule has 0 aliphatic rings. The third-order valence-electron chi connectivity index (χ3n) is 7.62. The maximum Gasteiger partial charge on any atom is 0.0361 e. The Labute approximate surface area is 219 Å². The minimum Gasteiger partial charge on any atom is -0.135 e. The van der Waals surface area contributed by atoms with Crippen molar-refractivity contribution in [2.75, 3.05) is 0 Å². The molecular weight excluding hydrogens is 464 g/mol. The largest absolute Gasteiger partial charge is 0.135 e. The van der Waals surface area contributed by atoms with Crippen molar-refractivity contribution < 1.29 is 0 Å². The summed E-state index contributed by atoms with van der Waals surface area (Å²) in [7, 11) is 0. The van der Waals surface area contributed by atoms with E-state index in [0.717, 1.165) is 0 Å². The fourth-order valence-electron chi connectivity index (χ4n) is 5.97. The predicted molar refractivity (Wildman–Crippen MR) is 163 cm³/mol. The number of hydrogen-bond donors (Lipinski definition) is 0. The van der Waals surface area contributed by atoms with E-state index in [1.165, 1.54) is 74.7 Å². The molecule has 1 heteroatoms. The molecule has 0 bridgehead atoms. The zero-order valence-corrected chi connectivity index (χ0v) is 20.9. The van der Waals surface area contributed by atoms with Gasteiger partial charge in [-0.15, -0.1) is 11.3 Å². The molecule has 0 saturated carbocycles. The highest BCUT2D eigenvalue weighted by Crippen LogP contribution is 2.45. The molecule has 0 radical (unpaired) electrons. The van der Waals surface area contributed by atoms with Gasteiger partial charge in [0.1, 0.15) is 0 Å². The van der Waals surface area contributed by atoms with Crippen molar-refractivity contribution in [3.63, 3.8) is 0 Å². The van der Waals surface area contributed by atoms with Crippen LogP contribution in [0.1, 0.15) is 0 Å². The van der Waals surface area contributed by atoms with Crippen molar-refractivity contribution in [2.24, 2.45) is 0 Å². The summed E-state index contributed by atoms with van der Waals surface area (Å²) in [6, 6.07) is 49.0. The van der Waals surface area contributed by atoms with Gasteiger partial charge in [0.25, 0.3) is 0 Å². The molecule has 7 aromatic carbocycles. The molecule has 0 atom stereocenters. The maximum atomic E-state index is 2.42. The summed E-state index contributed by atoms with van der Waals surface area (Å²) in [6.45, 7) is 0. The molecule has 0 fully saturated rings. The van der Waals surface area contributed by atoms with Gasteiger partial charge in [-0.25, -0.2) is 0 Å². The molecule has 0 aliphatic carbocycles. The molecular formula is C36H22S. The minimum atomic E-state index is 1.26. The van der Waals surface area contributed by atoms with Crippen molar-refractivity contribution in [2.45, 2.75) is 0 Å². The summed E-state index contributed by atoms with van der Waals surface area (Å²) in [6.07, 6.45) is 0. The van der Waals surface area contributed by atoms with Crippen molar-refractivity contribution >= 4 is 63.8 Å². The van der Waals surface area contributed by atoms with E-state index in [2.05, 4.69) is 133 Å². The molecule has 1 aromatic heterocycles. The standard InChI is InChI=1S/C36H22S/c1-2-10-23(11-3-1)35-27-14-6-8-16-29(27)36(30-17-9-7-15-28(30)35)26-18-19-33-31(21-26)32-20-24-12-4-5-13-25(24)22-34(32)37-33/h1-22H. The van der Waals surface area contributed by atoms with Crippen LogP contribution in [0.5, 0.6) is 0 Å². The number of rotatable bonds is 2. The monoisotopic (exact) mass is 486 g/mol. The van der Waals surface area contributed by atoms with Gasteiger partial charge in [-0.2, -0.15) is 0 Å². The molecule has 0 aliphatic heterocycles. The van der Waals surface area contributed by atoms with Crippen LogP contribution < -0.4 is 0 Å². The summed E-state index contributed by atoms with van der Waals surface area (Å²) in [5, 5.41) is 10.5. The molecule has 0 amide bonds. The van der Waals surface area contributed by atoms with Crippen LogP contribution in [-0.4, -0.2) is 0 Å². The van der Waals surface area contributed by atoms with Crippen molar-refractivity contribution in [3.05, 3.63) is 133 Å². The van der Waals surface area contributed by atoms with Gasteiger partial charge in [-0.1, -0.05) is 109 Å². The first-order chi connectivity index (χ1) is 18.3. The normalized spacial score (nSPS) is 11.8. The van der Waals surface area contributed by atoms with Gasteiger partial charge in [0, 0.05) is 20.2 Å². The molecule has 8 aromatic rings. The second-order valence-corrected chi connectivity index (χ2v) is 10.8. The molecule has 172 valence electrons. The van der Waals surface area contributed by atoms with E-state index in [-0.39, 0.29) is 0 Å². The average Bonchev–Trinajstić information content (AvgIpc) is 3.31. The van der Waals surface area contributed by atoms with Gasteiger partial charge in [0.05, 0.1) is 0 Å². The lowest BCUT2D eigenvalue weighted by atomic mass is 9.86. The van der Waals surface area contributed by atoms with E-state index in [0.29, 0.717) is 0 Å². The van der Waals surface area contributed by atoms with Crippen LogP contribution in [0.15, 0.2) is 133 Å². The Morgan fingerprint density at radius 2 is 0.838 bits per heavy atom. The topological polar surface area (TPSA) is 0 Å². The Morgan fingerprint density at radius 3 is 1.49 bits per heavy atom. The number of benzene rings is 7. The van der Waals surface area contributed by atoms with Crippen LogP contribution in [0.3, 0.4) is 0 Å². The molecule has 0 N–H and O–H groups in total. The first kappa shape index (κ1) is 20.7. The Balaban J connectivity index is 1.48. The predicted octanol–water partition coefficient (Wildman–Crippen LogP) is 10.8. The highest BCUT2D eigenvalue weighted by Gasteiger charge is 2.17. The molecule has 0 nitrogen and oxygen atoms in total. The first-order valence-corrected chi connectivity index (χ1v) is 13.5. The Bertz CT molecular complexity index is 2070. The summed E-state index contributed by atoms with van der Waals surface area (Å²) < 4.78 is 2.68. The third kappa shape index (κ3) is 3.15. The van der Waals surface area contributed by atoms with E-state index < -0.39 is 0 Å². The minimum absolute atomic E-state index is 1.26. The SMILES string of the molecule is c1ccc(-c2c3ccccc3c(-c3ccc4sc5cc6ccccc6cc5c4c3)c3ccccc23)cc1. The van der Waals surface area contributed by atoms with Gasteiger partial charge in [0.2, 0.25) is 0 Å². The second kappa shape index (κ2) is 8.03. The Morgan fingerprint density at radius 1 is 0.324 bits per heavy atom. The molecule has 37 heavy (non-hydrogen) atoms. The average molecular weight is 487 g/mol. The molecule has 1 heterocycles. The number of hydrogen-bond acceptors (Lipinski definition) is 1. The second-order valence-electron chi connectivity index (χ2n) is 9.72. The quantitative estimate of drug-likeness (QED) is 0.213. The highest BCUT2D eigenvalue weighted by molar-refractivity contribution is 7.25. The smallest absolute Gasteiger partial charge is 0.0361 e. The fourth-order valence-corrected chi connectivity index (χ4v) is 7.09. The summed E-state index contributed by atoms with van der Waals surface area (Å²) in [5.41, 5.74) is 5.15. The van der Waals surface area contributed by atoms with E-state index in [9.17, 15) is 0 Å². The van der Waals surface area contributed by atoms with Crippen molar-refractivity contribution in [1.82, 2.24) is 0 Å². The van der Waals surface area contributed by atoms with Gasteiger partial charge in [0.15, 0.2) is 0 Å². The lowest BCUT2D eigenvalue weighted by Crippen LogP contribution is -1.90. The van der Waals surface area contributed by atoms with E-state index in [1.54, 1.807) is 0 Å². The molecule has 8 rings (SSSR count). The number of fused-ring (bicyclic) bond motifs is 6. The Hall–Kier alpha value is -4.46. The molecule has 0 saturated heterocycles. The summed E-state index contributed by atoms with van der Waals surface area (Å²) in [4.78, 5) is 0. The molecule has 0 unspecified atom stereocenters. The van der Waals surface area contributed by atoms with Crippen molar-refractivity contribution in [3.8, 4) is 22.3 Å². The third-order valence-corrected chi connectivity index (χ3v) is 8.75. The van der Waals surface area contributed by atoms with Crippen LogP contribution >= 0.6 is 11.3 Å². The van der Waals surface area contributed by atoms with Crippen LogP contribution in [0, 0.1) is 0 Å². The van der Waals surface area contributed by atoms with Crippen LogP contribution in [-0.2, 0) is 0 Å². The Kier molecular flexibility index (Phi) is 4.49. The lowest BCUT2D eigenvalue weighted by Gasteiger charge is -2.17. The summed E-state index contributed by atoms with van der Waals surface area (Å²) >= 11 is 1.89. The zero-order chi connectivity index (χ0) is 24.3. The van der Waals surface area contributed by atoms with Gasteiger partial charge in [-0.3, -0.25) is 0 Å². The number of thiophene rings is 1. The fraction of sp³-hybridized carbons (Fsp3) is 0. The van der Waals surface area contributed by atoms with Crippen LogP contribution in [0.2, 0.25) is 0 Å². The molecule has 0 spiro atoms. The van der Waals surface area contributed by atoms with Crippen LogP contribution in [0.25, 0.3) is 74.7 Å². The summed E-state index contributed by atoms with van der Waals surface area (Å²) in [5.74, 6) is 0. The van der Waals surface area contributed by atoms with Gasteiger partial charge >= 0.3 is 0 Å². The van der Waals surface area contributed by atoms with Gasteiger partial charge in [-0.05, 0) is 78.8 Å². The van der Waals surface area contributed by atoms with E-state index in [4.69, 9.17) is 0 Å². The van der Waals surface area contributed by atoms with Crippen LogP contribution in [0.4, 0.5) is 0 Å². The zero-order valence-electron chi connectivity index (χ0n) is 20.1. The van der Waals surface area contributed by atoms with Gasteiger partial charge < -0.3 is 0 Å². The van der Waals surface area contributed by atoms with E-state index >= 15 is 0 Å². The lowest BCUT2D eigenvalue weighted by molar-refractivity contribution is 1.66. The highest BCUT2D eigenvalue weighted by atomic mass is 32.1.